The average molecular weight is 461 g/mol. The van der Waals surface area contributed by atoms with E-state index < -0.39 is 16.1 Å². The lowest BCUT2D eigenvalue weighted by Crippen LogP contribution is -2.47. The van der Waals surface area contributed by atoms with Gasteiger partial charge in [-0.3, -0.25) is 9.52 Å². The van der Waals surface area contributed by atoms with Crippen molar-refractivity contribution in [2.75, 3.05) is 17.9 Å². The van der Waals surface area contributed by atoms with Crippen LogP contribution in [0.1, 0.15) is 37.7 Å². The molecule has 8 nitrogen and oxygen atoms in total. The number of hydrogen-bond donors (Lipinski definition) is 3. The van der Waals surface area contributed by atoms with Gasteiger partial charge in [0, 0.05) is 23.7 Å². The van der Waals surface area contributed by atoms with Crippen LogP contribution in [0, 0.1) is 0 Å². The Bertz CT molecular complexity index is 1060. The Hall–Kier alpha value is -2.62. The number of rotatable bonds is 8. The van der Waals surface area contributed by atoms with Crippen molar-refractivity contribution in [2.45, 2.75) is 55.3 Å². The molecular weight excluding hydrogens is 432 g/mol. The first-order valence-corrected chi connectivity index (χ1v) is 12.3. The third kappa shape index (κ3) is 4.74. The standard InChI is InChI=1S/C23H28N2O6S/c1-2-10-24-22(27)13-16-12-19-18-11-15(25-32(28,29)17-6-4-3-5-7-17)8-9-20(18)31-23(19)21(14-26)30-16/h3-9,11,16,19,21,23,25-26H,2,10,12-14H2,1H3,(H,24,27)/t16-,19-,21+,23+/m1/s1. The molecule has 2 aliphatic heterocycles. The molecule has 4 rings (SSSR count). The molecule has 2 aromatic carbocycles. The molecule has 4 atom stereocenters. The second-order valence-electron chi connectivity index (χ2n) is 8.13. The van der Waals surface area contributed by atoms with Crippen LogP contribution in [-0.4, -0.2) is 50.9 Å². The van der Waals surface area contributed by atoms with Crippen molar-refractivity contribution in [1.82, 2.24) is 5.32 Å². The van der Waals surface area contributed by atoms with E-state index in [1.54, 1.807) is 36.4 Å². The van der Waals surface area contributed by atoms with Crippen LogP contribution in [0.5, 0.6) is 5.75 Å². The van der Waals surface area contributed by atoms with E-state index in [-0.39, 0.29) is 42.0 Å². The zero-order chi connectivity index (χ0) is 22.7. The van der Waals surface area contributed by atoms with Crippen molar-refractivity contribution in [1.29, 1.82) is 0 Å². The Kier molecular flexibility index (Phi) is 6.68. The zero-order valence-corrected chi connectivity index (χ0v) is 18.7. The predicted molar refractivity (Wildman–Crippen MR) is 119 cm³/mol. The van der Waals surface area contributed by atoms with Gasteiger partial charge in [-0.15, -0.1) is 0 Å². The van der Waals surface area contributed by atoms with Gasteiger partial charge in [0.05, 0.1) is 24.0 Å². The molecule has 3 N–H and O–H groups in total. The Morgan fingerprint density at radius 3 is 2.69 bits per heavy atom. The van der Waals surface area contributed by atoms with Crippen LogP contribution in [0.3, 0.4) is 0 Å². The Labute approximate surface area is 188 Å². The summed E-state index contributed by atoms with van der Waals surface area (Å²) in [7, 11) is -3.72. The number of amides is 1. The van der Waals surface area contributed by atoms with Crippen LogP contribution in [0.15, 0.2) is 53.4 Å². The minimum atomic E-state index is -3.72. The molecule has 32 heavy (non-hydrogen) atoms. The molecule has 1 saturated heterocycles. The highest BCUT2D eigenvalue weighted by atomic mass is 32.2. The number of hydrogen-bond acceptors (Lipinski definition) is 6. The van der Waals surface area contributed by atoms with E-state index in [1.165, 1.54) is 12.1 Å². The number of carbonyl (C=O) groups is 1. The third-order valence-electron chi connectivity index (χ3n) is 5.79. The van der Waals surface area contributed by atoms with Crippen LogP contribution in [0.4, 0.5) is 5.69 Å². The van der Waals surface area contributed by atoms with Crippen LogP contribution >= 0.6 is 0 Å². The average Bonchev–Trinajstić information content (AvgIpc) is 3.15. The quantitative estimate of drug-likeness (QED) is 0.557. The van der Waals surface area contributed by atoms with E-state index in [1.807, 2.05) is 6.92 Å². The highest BCUT2D eigenvalue weighted by Gasteiger charge is 2.46. The highest BCUT2D eigenvalue weighted by molar-refractivity contribution is 7.92. The van der Waals surface area contributed by atoms with E-state index in [0.29, 0.717) is 24.4 Å². The van der Waals surface area contributed by atoms with Gasteiger partial charge in [-0.05, 0) is 43.2 Å². The highest BCUT2D eigenvalue weighted by Crippen LogP contribution is 2.47. The fourth-order valence-electron chi connectivity index (χ4n) is 4.31. The van der Waals surface area contributed by atoms with E-state index >= 15 is 0 Å². The van der Waals surface area contributed by atoms with Crippen molar-refractivity contribution in [3.8, 4) is 5.75 Å². The lowest BCUT2D eigenvalue weighted by molar-refractivity contribution is -0.142. The molecule has 0 spiro atoms. The maximum absolute atomic E-state index is 12.7. The number of fused-ring (bicyclic) bond motifs is 3. The topological polar surface area (TPSA) is 114 Å². The number of ether oxygens (including phenoxy) is 2. The second kappa shape index (κ2) is 9.48. The van der Waals surface area contributed by atoms with Crippen molar-refractivity contribution >= 4 is 21.6 Å². The first-order valence-electron chi connectivity index (χ1n) is 10.8. The van der Waals surface area contributed by atoms with Crippen LogP contribution in [-0.2, 0) is 19.6 Å². The summed E-state index contributed by atoms with van der Waals surface area (Å²) in [5.41, 5.74) is 1.28. The zero-order valence-electron chi connectivity index (χ0n) is 17.9. The van der Waals surface area contributed by atoms with Crippen molar-refractivity contribution in [3.05, 3.63) is 54.1 Å². The number of carbonyl (C=O) groups excluding carboxylic acids is 1. The Morgan fingerprint density at radius 2 is 1.97 bits per heavy atom. The molecule has 1 fully saturated rings. The van der Waals surface area contributed by atoms with Crippen molar-refractivity contribution < 1.29 is 27.8 Å². The first-order chi connectivity index (χ1) is 15.4. The molecule has 172 valence electrons. The summed E-state index contributed by atoms with van der Waals surface area (Å²) < 4.78 is 40.0. The summed E-state index contributed by atoms with van der Waals surface area (Å²) in [5.74, 6) is 0.442. The predicted octanol–water partition coefficient (Wildman–Crippen LogP) is 2.40. The summed E-state index contributed by atoms with van der Waals surface area (Å²) in [6, 6.07) is 13.3. The van der Waals surface area contributed by atoms with Crippen LogP contribution < -0.4 is 14.8 Å². The molecule has 9 heteroatoms. The molecule has 1 amide bonds. The molecule has 0 saturated carbocycles. The monoisotopic (exact) mass is 460 g/mol. The number of anilines is 1. The summed E-state index contributed by atoms with van der Waals surface area (Å²) in [6.45, 7) is 2.37. The molecule has 2 aliphatic rings. The second-order valence-corrected chi connectivity index (χ2v) is 9.81. The van der Waals surface area contributed by atoms with Gasteiger partial charge in [-0.25, -0.2) is 8.42 Å². The van der Waals surface area contributed by atoms with Crippen LogP contribution in [0.2, 0.25) is 0 Å². The lowest BCUT2D eigenvalue weighted by atomic mass is 9.84. The minimum absolute atomic E-state index is 0.0875. The van der Waals surface area contributed by atoms with Gasteiger partial charge in [0.25, 0.3) is 10.0 Å². The van der Waals surface area contributed by atoms with Gasteiger partial charge in [-0.2, -0.15) is 0 Å². The van der Waals surface area contributed by atoms with Gasteiger partial charge in [-0.1, -0.05) is 25.1 Å². The maximum atomic E-state index is 12.7. The summed E-state index contributed by atoms with van der Waals surface area (Å²) in [5, 5.41) is 12.7. The molecule has 0 unspecified atom stereocenters. The molecule has 0 aliphatic carbocycles. The maximum Gasteiger partial charge on any atom is 0.261 e. The lowest BCUT2D eigenvalue weighted by Gasteiger charge is -2.37. The normalized spacial score (nSPS) is 24.2. The van der Waals surface area contributed by atoms with E-state index in [4.69, 9.17) is 9.47 Å². The summed E-state index contributed by atoms with van der Waals surface area (Å²) >= 11 is 0. The molecule has 0 aromatic heterocycles. The first kappa shape index (κ1) is 22.6. The number of nitrogens with one attached hydrogen (secondary N) is 2. The summed E-state index contributed by atoms with van der Waals surface area (Å²) in [4.78, 5) is 12.4. The summed E-state index contributed by atoms with van der Waals surface area (Å²) in [6.07, 6.45) is 0.298. The third-order valence-corrected chi connectivity index (χ3v) is 7.19. The molecular formula is C23H28N2O6S. The fourth-order valence-corrected chi connectivity index (χ4v) is 5.38. The number of benzene rings is 2. The molecule has 2 heterocycles. The molecule has 2 aromatic rings. The Balaban J connectivity index is 1.54. The fraction of sp³-hybridized carbons (Fsp3) is 0.435. The number of aliphatic hydroxyl groups is 1. The van der Waals surface area contributed by atoms with Gasteiger partial charge in [0.2, 0.25) is 5.91 Å². The van der Waals surface area contributed by atoms with Gasteiger partial charge < -0.3 is 19.9 Å². The number of aliphatic hydroxyl groups excluding tert-OH is 1. The van der Waals surface area contributed by atoms with Crippen molar-refractivity contribution in [3.63, 3.8) is 0 Å². The van der Waals surface area contributed by atoms with E-state index in [0.717, 1.165) is 12.0 Å². The number of sulfonamides is 1. The molecule has 0 bridgehead atoms. The van der Waals surface area contributed by atoms with Gasteiger partial charge >= 0.3 is 0 Å². The molecule has 0 radical (unpaired) electrons. The van der Waals surface area contributed by atoms with E-state index in [9.17, 15) is 18.3 Å². The largest absolute Gasteiger partial charge is 0.487 e. The minimum Gasteiger partial charge on any atom is -0.487 e. The Morgan fingerprint density at radius 1 is 1.19 bits per heavy atom. The van der Waals surface area contributed by atoms with Crippen LogP contribution in [0.25, 0.3) is 0 Å². The SMILES string of the molecule is CCCNC(=O)C[C@H]1C[C@@H]2c3cc(NS(=O)(=O)c4ccccc4)ccc3O[C@@H]2[C@H](CO)O1. The van der Waals surface area contributed by atoms with Gasteiger partial charge in [0.15, 0.2) is 0 Å². The van der Waals surface area contributed by atoms with E-state index in [2.05, 4.69) is 10.0 Å². The van der Waals surface area contributed by atoms with Gasteiger partial charge in [0.1, 0.15) is 18.0 Å². The van der Waals surface area contributed by atoms with Crippen molar-refractivity contribution in [2.24, 2.45) is 0 Å². The smallest absolute Gasteiger partial charge is 0.261 e.